The van der Waals surface area contributed by atoms with Crippen molar-refractivity contribution in [2.45, 2.75) is 52.5 Å². The molecule has 0 unspecified atom stereocenters. The Hall–Kier alpha value is -1.58. The predicted octanol–water partition coefficient (Wildman–Crippen LogP) is 2.55. The molecule has 0 radical (unpaired) electrons. The number of aromatic nitrogens is 3. The van der Waals surface area contributed by atoms with Gasteiger partial charge in [-0.15, -0.1) is 0 Å². The smallest absolute Gasteiger partial charge is 0.293 e. The maximum Gasteiger partial charge on any atom is 0.333 e. The van der Waals surface area contributed by atoms with Crippen LogP contribution in [0.3, 0.4) is 0 Å². The van der Waals surface area contributed by atoms with E-state index in [2.05, 4.69) is 25.8 Å². The van der Waals surface area contributed by atoms with Gasteiger partial charge in [-0.3, -0.25) is 14.0 Å². The van der Waals surface area contributed by atoms with Crippen molar-refractivity contribution in [3.8, 4) is 0 Å². The lowest BCUT2D eigenvalue weighted by Crippen LogP contribution is -2.32. The Morgan fingerprint density at radius 2 is 1.72 bits per heavy atom. The lowest BCUT2D eigenvalue weighted by Gasteiger charge is -2.19. The fourth-order valence-corrected chi connectivity index (χ4v) is 2.08. The Bertz CT molecular complexity index is 636. The number of nitrogens with zero attached hydrogens (tertiary/aromatic N) is 3. The second kappa shape index (κ2) is 3.70. The highest BCUT2D eigenvalue weighted by Gasteiger charge is 2.23. The third-order valence-electron chi connectivity index (χ3n) is 3.02. The van der Waals surface area contributed by atoms with Crippen molar-refractivity contribution in [3.63, 3.8) is 0 Å². The monoisotopic (exact) mass is 247 g/mol. The lowest BCUT2D eigenvalue weighted by molar-refractivity contribution is 0.384. The molecule has 0 N–H and O–H groups in total. The van der Waals surface area contributed by atoms with Crippen LogP contribution in [0.25, 0.3) is 5.52 Å². The van der Waals surface area contributed by atoms with Gasteiger partial charge in [-0.2, -0.15) is 0 Å². The fourth-order valence-electron chi connectivity index (χ4n) is 2.08. The van der Waals surface area contributed by atoms with E-state index in [1.807, 2.05) is 27.0 Å². The van der Waals surface area contributed by atoms with Crippen molar-refractivity contribution < 1.29 is 0 Å². The summed E-state index contributed by atoms with van der Waals surface area (Å²) in [7, 11) is 0. The van der Waals surface area contributed by atoms with Gasteiger partial charge < -0.3 is 0 Å². The highest BCUT2D eigenvalue weighted by Crippen LogP contribution is 2.24. The van der Waals surface area contributed by atoms with Crippen molar-refractivity contribution in [1.29, 1.82) is 0 Å². The molecule has 4 heteroatoms. The minimum atomic E-state index is -0.224. The summed E-state index contributed by atoms with van der Waals surface area (Å²) in [6, 6.07) is 0. The van der Waals surface area contributed by atoms with Crippen molar-refractivity contribution in [3.05, 3.63) is 34.8 Å². The first-order chi connectivity index (χ1) is 8.12. The first kappa shape index (κ1) is 12.9. The van der Waals surface area contributed by atoms with Gasteiger partial charge in [0.05, 0.1) is 11.2 Å². The Kier molecular flexibility index (Phi) is 2.65. The maximum absolute atomic E-state index is 12.4. The number of hydrogen-bond donors (Lipinski definition) is 0. The van der Waals surface area contributed by atoms with Gasteiger partial charge in [0.25, 0.3) is 0 Å². The average Bonchev–Trinajstić information content (AvgIpc) is 2.54. The van der Waals surface area contributed by atoms with Crippen LogP contribution in [0.5, 0.6) is 0 Å². The minimum absolute atomic E-state index is 0.00889. The SMILES string of the molecule is CC(C)(C)c1nccn2c(=O)n(C(C)(C)C)cc12. The van der Waals surface area contributed by atoms with Crippen LogP contribution in [0.4, 0.5) is 0 Å². The molecular weight excluding hydrogens is 226 g/mol. The van der Waals surface area contributed by atoms with E-state index in [1.54, 1.807) is 21.4 Å². The molecule has 0 atom stereocenters. The third kappa shape index (κ3) is 1.96. The molecule has 2 heterocycles. The number of hydrogen-bond acceptors (Lipinski definition) is 2. The van der Waals surface area contributed by atoms with Crippen molar-refractivity contribution in [2.24, 2.45) is 0 Å². The molecule has 0 bridgehead atoms. The zero-order valence-electron chi connectivity index (χ0n) is 12.0. The molecule has 0 aliphatic carbocycles. The van der Waals surface area contributed by atoms with E-state index < -0.39 is 0 Å². The first-order valence-corrected chi connectivity index (χ1v) is 6.22. The molecule has 0 aromatic carbocycles. The second-order valence-corrected chi connectivity index (χ2v) is 6.73. The maximum atomic E-state index is 12.4. The van der Waals surface area contributed by atoms with Crippen LogP contribution in [-0.2, 0) is 11.0 Å². The number of fused-ring (bicyclic) bond motifs is 1. The Labute approximate surface area is 107 Å². The normalized spacial score (nSPS) is 13.2. The molecule has 0 aliphatic rings. The van der Waals surface area contributed by atoms with Gasteiger partial charge in [-0.1, -0.05) is 20.8 Å². The predicted molar refractivity (Wildman–Crippen MR) is 73.1 cm³/mol. The highest BCUT2D eigenvalue weighted by molar-refractivity contribution is 5.53. The summed E-state index contributed by atoms with van der Waals surface area (Å²) in [5.74, 6) is 0. The fraction of sp³-hybridized carbons (Fsp3) is 0.571. The van der Waals surface area contributed by atoms with Crippen molar-refractivity contribution >= 4 is 5.52 Å². The summed E-state index contributed by atoms with van der Waals surface area (Å²) in [6.07, 6.45) is 5.34. The third-order valence-corrected chi connectivity index (χ3v) is 3.02. The Balaban J connectivity index is 2.86. The Morgan fingerprint density at radius 1 is 1.11 bits per heavy atom. The molecule has 18 heavy (non-hydrogen) atoms. The van der Waals surface area contributed by atoms with Crippen LogP contribution < -0.4 is 5.69 Å². The average molecular weight is 247 g/mol. The largest absolute Gasteiger partial charge is 0.333 e. The molecular formula is C14H21N3O. The van der Waals surface area contributed by atoms with Gasteiger partial charge >= 0.3 is 5.69 Å². The number of rotatable bonds is 0. The molecule has 2 aromatic heterocycles. The van der Waals surface area contributed by atoms with E-state index in [0.717, 1.165) is 11.2 Å². The van der Waals surface area contributed by atoms with Crippen molar-refractivity contribution in [1.82, 2.24) is 14.0 Å². The molecule has 2 rings (SSSR count). The molecule has 0 spiro atoms. The Morgan fingerprint density at radius 3 is 2.22 bits per heavy atom. The molecule has 0 fully saturated rings. The van der Waals surface area contributed by atoms with Crippen LogP contribution >= 0.6 is 0 Å². The van der Waals surface area contributed by atoms with E-state index in [4.69, 9.17) is 0 Å². The van der Waals surface area contributed by atoms with Crippen molar-refractivity contribution in [2.75, 3.05) is 0 Å². The standard InChI is InChI=1S/C14H21N3O/c1-13(2,3)11-10-9-17(14(4,5)6)12(18)16(10)8-7-15-11/h7-9H,1-6H3. The number of imidazole rings is 1. The van der Waals surface area contributed by atoms with E-state index in [0.29, 0.717) is 0 Å². The highest BCUT2D eigenvalue weighted by atomic mass is 16.1. The molecule has 0 amide bonds. The lowest BCUT2D eigenvalue weighted by atomic mass is 9.91. The summed E-state index contributed by atoms with van der Waals surface area (Å²) < 4.78 is 3.44. The molecule has 4 nitrogen and oxygen atoms in total. The summed E-state index contributed by atoms with van der Waals surface area (Å²) >= 11 is 0. The zero-order chi connectivity index (χ0) is 13.7. The van der Waals surface area contributed by atoms with Gasteiger partial charge in [0.2, 0.25) is 0 Å². The van der Waals surface area contributed by atoms with E-state index in [-0.39, 0.29) is 16.6 Å². The van der Waals surface area contributed by atoms with Crippen LogP contribution in [0, 0.1) is 0 Å². The summed E-state index contributed by atoms with van der Waals surface area (Å²) in [4.78, 5) is 16.8. The van der Waals surface area contributed by atoms with Gasteiger partial charge in [-0.05, 0) is 20.8 Å². The quantitative estimate of drug-likeness (QED) is 0.717. The summed E-state index contributed by atoms with van der Waals surface area (Å²) in [5.41, 5.74) is 1.53. The van der Waals surface area contributed by atoms with Crippen LogP contribution in [0.15, 0.2) is 23.4 Å². The van der Waals surface area contributed by atoms with Crippen LogP contribution in [0.1, 0.15) is 47.2 Å². The van der Waals surface area contributed by atoms with E-state index in [9.17, 15) is 4.79 Å². The first-order valence-electron chi connectivity index (χ1n) is 6.22. The van der Waals surface area contributed by atoms with E-state index >= 15 is 0 Å². The molecule has 98 valence electrons. The zero-order valence-corrected chi connectivity index (χ0v) is 12.0. The van der Waals surface area contributed by atoms with Crippen LogP contribution in [0.2, 0.25) is 0 Å². The topological polar surface area (TPSA) is 39.3 Å². The van der Waals surface area contributed by atoms with Gasteiger partial charge in [0.15, 0.2) is 0 Å². The van der Waals surface area contributed by atoms with Crippen LogP contribution in [-0.4, -0.2) is 14.0 Å². The van der Waals surface area contributed by atoms with E-state index in [1.165, 1.54) is 0 Å². The minimum Gasteiger partial charge on any atom is -0.293 e. The summed E-state index contributed by atoms with van der Waals surface area (Å²) in [5, 5.41) is 0. The second-order valence-electron chi connectivity index (χ2n) is 6.73. The molecule has 0 saturated heterocycles. The summed E-state index contributed by atoms with van der Waals surface area (Å²) in [6.45, 7) is 12.4. The molecule has 0 aliphatic heterocycles. The van der Waals surface area contributed by atoms with Gasteiger partial charge in [0.1, 0.15) is 0 Å². The molecule has 0 saturated carbocycles. The molecule has 2 aromatic rings. The van der Waals surface area contributed by atoms with Gasteiger partial charge in [0, 0.05) is 29.5 Å². The van der Waals surface area contributed by atoms with Gasteiger partial charge in [-0.25, -0.2) is 4.79 Å².